The van der Waals surface area contributed by atoms with Gasteiger partial charge >= 0.3 is 41.8 Å². The molecular formula is C11H7F13O2. The van der Waals surface area contributed by atoms with Crippen molar-refractivity contribution in [1.82, 2.24) is 0 Å². The van der Waals surface area contributed by atoms with Crippen LogP contribution in [-0.2, 0) is 9.53 Å². The normalized spacial score (nSPS) is 15.0. The van der Waals surface area contributed by atoms with E-state index in [4.69, 9.17) is 0 Å². The number of alkyl halides is 13. The van der Waals surface area contributed by atoms with Crippen molar-refractivity contribution in [3.05, 3.63) is 12.2 Å². The largest absolute Gasteiger partial charge is 0.462 e. The summed E-state index contributed by atoms with van der Waals surface area (Å²) in [5.74, 6) is -40.6. The van der Waals surface area contributed by atoms with Gasteiger partial charge in [0.05, 0.1) is 6.61 Å². The maximum Gasteiger partial charge on any atom is 0.460 e. The van der Waals surface area contributed by atoms with Crippen molar-refractivity contribution in [2.24, 2.45) is 0 Å². The molecule has 0 spiro atoms. The van der Waals surface area contributed by atoms with Crippen LogP contribution in [0.5, 0.6) is 0 Å². The molecule has 0 amide bonds. The summed E-state index contributed by atoms with van der Waals surface area (Å²) in [6.07, 6.45) is -7.50. The van der Waals surface area contributed by atoms with Gasteiger partial charge in [-0.25, -0.2) is 4.79 Å². The summed E-state index contributed by atoms with van der Waals surface area (Å²) in [5, 5.41) is 0. The van der Waals surface area contributed by atoms with E-state index in [0.717, 1.165) is 6.92 Å². The van der Waals surface area contributed by atoms with Crippen LogP contribution in [0.15, 0.2) is 12.2 Å². The Balaban J connectivity index is 6.33. The number of halogens is 13. The van der Waals surface area contributed by atoms with E-state index >= 15 is 0 Å². The number of ether oxygens (including phenoxy) is 1. The molecule has 0 aliphatic carbocycles. The van der Waals surface area contributed by atoms with Crippen molar-refractivity contribution in [1.29, 1.82) is 0 Å². The van der Waals surface area contributed by atoms with E-state index in [1.807, 2.05) is 6.58 Å². The predicted octanol–water partition coefficient (Wildman–Crippen LogP) is 4.84. The first kappa shape index (κ1) is 24.3. The van der Waals surface area contributed by atoms with Crippen LogP contribution in [-0.4, -0.2) is 48.4 Å². The summed E-state index contributed by atoms with van der Waals surface area (Å²) in [6, 6.07) is 0. The van der Waals surface area contributed by atoms with Gasteiger partial charge in [0.15, 0.2) is 0 Å². The number of rotatable bonds is 7. The van der Waals surface area contributed by atoms with E-state index in [1.165, 1.54) is 0 Å². The van der Waals surface area contributed by atoms with Crippen molar-refractivity contribution in [2.75, 3.05) is 6.61 Å². The van der Waals surface area contributed by atoms with E-state index in [2.05, 4.69) is 4.74 Å². The molecule has 0 fully saturated rings. The molecule has 0 N–H and O–H groups in total. The molecule has 0 rings (SSSR count). The SMILES string of the molecule is C=C(C(=O)OCC)C(F)(F)C(F)(F)C(F)(F)C(F)(F)C(F)(F)C(F)(F)F. The van der Waals surface area contributed by atoms with Crippen LogP contribution in [0.2, 0.25) is 0 Å². The van der Waals surface area contributed by atoms with Gasteiger partial charge in [-0.1, -0.05) is 6.58 Å². The first-order valence-electron chi connectivity index (χ1n) is 5.96. The van der Waals surface area contributed by atoms with Crippen LogP contribution >= 0.6 is 0 Å². The predicted molar refractivity (Wildman–Crippen MR) is 56.6 cm³/mol. The second-order valence-electron chi connectivity index (χ2n) is 4.57. The molecule has 0 unspecified atom stereocenters. The van der Waals surface area contributed by atoms with Crippen molar-refractivity contribution in [2.45, 2.75) is 42.7 Å². The highest BCUT2D eigenvalue weighted by molar-refractivity contribution is 5.89. The van der Waals surface area contributed by atoms with Gasteiger partial charge in [-0.15, -0.1) is 0 Å². The van der Waals surface area contributed by atoms with Crippen LogP contribution in [0.4, 0.5) is 57.1 Å². The Morgan fingerprint density at radius 3 is 1.38 bits per heavy atom. The Bertz CT molecular complexity index is 561. The standard InChI is InChI=1S/C11H7F13O2/c1-3-26-5(25)4(2)6(12,13)7(14,15)8(16,17)9(18,19)10(20,21)11(22,23)24/h2-3H2,1H3. The minimum Gasteiger partial charge on any atom is -0.462 e. The van der Waals surface area contributed by atoms with Gasteiger partial charge in [-0.2, -0.15) is 57.1 Å². The molecular weight excluding hydrogens is 411 g/mol. The number of carbonyl (C=O) groups excluding carboxylic acids is 1. The summed E-state index contributed by atoms with van der Waals surface area (Å²) in [7, 11) is 0. The average molecular weight is 418 g/mol. The van der Waals surface area contributed by atoms with E-state index < -0.39 is 53.9 Å². The fourth-order valence-corrected chi connectivity index (χ4v) is 1.31. The molecule has 0 saturated heterocycles. The summed E-state index contributed by atoms with van der Waals surface area (Å²) >= 11 is 0. The first-order chi connectivity index (χ1) is 11.1. The molecule has 0 saturated carbocycles. The summed E-state index contributed by atoms with van der Waals surface area (Å²) in [6.45, 7) is 2.03. The van der Waals surface area contributed by atoms with Crippen LogP contribution in [0.1, 0.15) is 6.92 Å². The van der Waals surface area contributed by atoms with Gasteiger partial charge < -0.3 is 4.74 Å². The molecule has 15 heteroatoms. The maximum absolute atomic E-state index is 13.4. The van der Waals surface area contributed by atoms with Crippen molar-refractivity contribution in [3.63, 3.8) is 0 Å². The highest BCUT2D eigenvalue weighted by Gasteiger charge is 2.91. The molecule has 0 bridgehead atoms. The number of hydrogen-bond donors (Lipinski definition) is 0. The quantitative estimate of drug-likeness (QED) is 0.336. The topological polar surface area (TPSA) is 26.3 Å². The van der Waals surface area contributed by atoms with Gasteiger partial charge in [-0.05, 0) is 6.92 Å². The van der Waals surface area contributed by atoms with Gasteiger partial charge in [0.1, 0.15) is 5.57 Å². The highest BCUT2D eigenvalue weighted by Crippen LogP contribution is 2.61. The van der Waals surface area contributed by atoms with Crippen LogP contribution in [0.3, 0.4) is 0 Å². The second-order valence-corrected chi connectivity index (χ2v) is 4.57. The third kappa shape index (κ3) is 3.19. The fraction of sp³-hybridized carbons (Fsp3) is 0.727. The zero-order valence-electron chi connectivity index (χ0n) is 12.1. The van der Waals surface area contributed by atoms with Crippen LogP contribution in [0.25, 0.3) is 0 Å². The zero-order valence-corrected chi connectivity index (χ0v) is 12.1. The molecule has 0 aliphatic rings. The lowest BCUT2D eigenvalue weighted by atomic mass is 9.91. The van der Waals surface area contributed by atoms with Crippen molar-refractivity contribution >= 4 is 5.97 Å². The first-order valence-corrected chi connectivity index (χ1v) is 5.96. The van der Waals surface area contributed by atoms with Gasteiger partial charge in [0.2, 0.25) is 0 Å². The Morgan fingerprint density at radius 1 is 0.731 bits per heavy atom. The molecule has 0 aromatic rings. The molecule has 2 nitrogen and oxygen atoms in total. The third-order valence-electron chi connectivity index (χ3n) is 2.83. The lowest BCUT2D eigenvalue weighted by Crippen LogP contribution is -2.70. The third-order valence-corrected chi connectivity index (χ3v) is 2.83. The highest BCUT2D eigenvalue weighted by atomic mass is 19.4. The molecule has 0 heterocycles. The molecule has 0 atom stereocenters. The Hall–Kier alpha value is -1.70. The molecule has 0 radical (unpaired) electrons. The average Bonchev–Trinajstić information content (AvgIpc) is 2.44. The molecule has 0 aromatic carbocycles. The van der Waals surface area contributed by atoms with E-state index in [0.29, 0.717) is 0 Å². The monoisotopic (exact) mass is 418 g/mol. The smallest absolute Gasteiger partial charge is 0.460 e. The van der Waals surface area contributed by atoms with Crippen LogP contribution < -0.4 is 0 Å². The van der Waals surface area contributed by atoms with E-state index in [1.54, 1.807) is 0 Å². The Labute approximate surface area is 135 Å². The number of carbonyl (C=O) groups is 1. The van der Waals surface area contributed by atoms with Gasteiger partial charge in [0, 0.05) is 0 Å². The molecule has 0 aliphatic heterocycles. The van der Waals surface area contributed by atoms with E-state index in [9.17, 15) is 61.9 Å². The minimum atomic E-state index is -8.03. The number of esters is 1. The summed E-state index contributed by atoms with van der Waals surface area (Å²) < 4.78 is 170. The summed E-state index contributed by atoms with van der Waals surface area (Å²) in [4.78, 5) is 10.9. The van der Waals surface area contributed by atoms with Crippen molar-refractivity contribution < 1.29 is 66.6 Å². The second kappa shape index (κ2) is 6.48. The Morgan fingerprint density at radius 2 is 1.08 bits per heavy atom. The van der Waals surface area contributed by atoms with E-state index in [-0.39, 0.29) is 0 Å². The van der Waals surface area contributed by atoms with Gasteiger partial charge in [-0.3, -0.25) is 0 Å². The zero-order chi connectivity index (χ0) is 21.6. The molecule has 0 aromatic heterocycles. The number of hydrogen-bond acceptors (Lipinski definition) is 2. The van der Waals surface area contributed by atoms with Crippen molar-refractivity contribution in [3.8, 4) is 0 Å². The summed E-state index contributed by atoms with van der Waals surface area (Å²) in [5.41, 5.74) is -2.87. The minimum absolute atomic E-state index is 0.807. The lowest BCUT2D eigenvalue weighted by molar-refractivity contribution is -0.436. The Kier molecular flexibility index (Phi) is 6.05. The lowest BCUT2D eigenvalue weighted by Gasteiger charge is -2.39. The van der Waals surface area contributed by atoms with Crippen LogP contribution in [0, 0.1) is 0 Å². The maximum atomic E-state index is 13.4. The fourth-order valence-electron chi connectivity index (χ4n) is 1.31. The molecule has 26 heavy (non-hydrogen) atoms. The van der Waals surface area contributed by atoms with Gasteiger partial charge in [0.25, 0.3) is 0 Å². The molecule has 154 valence electrons.